The Bertz CT molecular complexity index is 696. The fraction of sp³-hybridized carbons (Fsp3) is 0.611. The predicted octanol–water partition coefficient (Wildman–Crippen LogP) is 4.13. The van der Waals surface area contributed by atoms with Gasteiger partial charge in [-0.1, -0.05) is 18.9 Å². The predicted molar refractivity (Wildman–Crippen MR) is 97.7 cm³/mol. The van der Waals surface area contributed by atoms with Gasteiger partial charge in [-0.3, -0.25) is 4.79 Å². The van der Waals surface area contributed by atoms with Crippen LogP contribution in [-0.4, -0.2) is 34.1 Å². The number of aromatic nitrogens is 2. The number of aryl methyl sites for hydroxylation is 1. The van der Waals surface area contributed by atoms with E-state index < -0.39 is 0 Å². The van der Waals surface area contributed by atoms with E-state index in [9.17, 15) is 4.79 Å². The van der Waals surface area contributed by atoms with Gasteiger partial charge in [0, 0.05) is 23.9 Å². The molecule has 1 saturated heterocycles. The number of hydrogen-bond acceptors (Lipinski definition) is 5. The van der Waals surface area contributed by atoms with Gasteiger partial charge in [0.05, 0.1) is 5.41 Å². The van der Waals surface area contributed by atoms with Crippen LogP contribution in [0.25, 0.3) is 0 Å². The van der Waals surface area contributed by atoms with Crippen LogP contribution < -0.4 is 0 Å². The molecule has 2 aromatic rings. The average molecular weight is 362 g/mol. The summed E-state index contributed by atoms with van der Waals surface area (Å²) >= 11 is 3.45. The Kier molecular flexibility index (Phi) is 4.43. The molecule has 1 saturated carbocycles. The quantitative estimate of drug-likeness (QED) is 0.826. The third-order valence-corrected chi connectivity index (χ3v) is 7.61. The third-order valence-electron chi connectivity index (χ3n) is 5.53. The van der Waals surface area contributed by atoms with E-state index in [2.05, 4.69) is 32.6 Å². The molecule has 4 nitrogen and oxygen atoms in total. The summed E-state index contributed by atoms with van der Waals surface area (Å²) in [5, 5.41) is 12.7. The van der Waals surface area contributed by atoms with E-state index in [0.29, 0.717) is 11.8 Å². The molecular formula is C18H23N3OS2. The number of thiophene rings is 1. The lowest BCUT2D eigenvalue weighted by molar-refractivity contribution is -0.138. The van der Waals surface area contributed by atoms with Gasteiger partial charge in [0.1, 0.15) is 10.0 Å². The first-order valence-electron chi connectivity index (χ1n) is 8.82. The SMILES string of the molecule is Cc1nnc(C2CCN(C(=O)C3(c4cccs4)CCCC3)CC2)s1. The number of carbonyl (C=O) groups excluding carboxylic acids is 1. The molecule has 0 atom stereocenters. The van der Waals surface area contributed by atoms with Gasteiger partial charge in [-0.25, -0.2) is 0 Å². The molecule has 2 aliphatic rings. The molecule has 6 heteroatoms. The molecule has 1 amide bonds. The van der Waals surface area contributed by atoms with Gasteiger partial charge in [-0.05, 0) is 44.1 Å². The van der Waals surface area contributed by atoms with Crippen LogP contribution in [0.2, 0.25) is 0 Å². The first kappa shape index (κ1) is 16.2. The Hall–Kier alpha value is -1.27. The van der Waals surface area contributed by atoms with Gasteiger partial charge in [0.2, 0.25) is 5.91 Å². The highest BCUT2D eigenvalue weighted by atomic mass is 32.1. The number of piperidine rings is 1. The Morgan fingerprint density at radius 3 is 2.58 bits per heavy atom. The van der Waals surface area contributed by atoms with Crippen LogP contribution in [0.15, 0.2) is 17.5 Å². The molecule has 2 aromatic heterocycles. The van der Waals surface area contributed by atoms with Crippen molar-refractivity contribution in [1.29, 1.82) is 0 Å². The Morgan fingerprint density at radius 1 is 1.25 bits per heavy atom. The highest BCUT2D eigenvalue weighted by Gasteiger charge is 2.46. The second-order valence-corrected chi connectivity index (χ2v) is 9.15. The molecule has 1 aliphatic carbocycles. The maximum absolute atomic E-state index is 13.4. The third kappa shape index (κ3) is 2.80. The molecule has 2 fully saturated rings. The zero-order valence-electron chi connectivity index (χ0n) is 14.0. The zero-order valence-corrected chi connectivity index (χ0v) is 15.7. The minimum Gasteiger partial charge on any atom is -0.342 e. The second-order valence-electron chi connectivity index (χ2n) is 6.99. The largest absolute Gasteiger partial charge is 0.342 e. The van der Waals surface area contributed by atoms with E-state index in [-0.39, 0.29) is 5.41 Å². The lowest BCUT2D eigenvalue weighted by Crippen LogP contribution is -2.48. The van der Waals surface area contributed by atoms with Gasteiger partial charge in [0.15, 0.2) is 0 Å². The van der Waals surface area contributed by atoms with Crippen molar-refractivity contribution >= 4 is 28.6 Å². The van der Waals surface area contributed by atoms with E-state index in [1.807, 2.05) is 6.92 Å². The molecular weight excluding hydrogens is 338 g/mol. The molecule has 0 bridgehead atoms. The summed E-state index contributed by atoms with van der Waals surface area (Å²) in [4.78, 5) is 16.8. The molecule has 24 heavy (non-hydrogen) atoms. The Labute approximate surface area is 150 Å². The first-order chi connectivity index (χ1) is 11.7. The first-order valence-corrected chi connectivity index (χ1v) is 10.5. The van der Waals surface area contributed by atoms with Gasteiger partial charge >= 0.3 is 0 Å². The summed E-state index contributed by atoms with van der Waals surface area (Å²) in [7, 11) is 0. The lowest BCUT2D eigenvalue weighted by Gasteiger charge is -2.37. The number of likely N-dealkylation sites (tertiary alicyclic amines) is 1. The fourth-order valence-electron chi connectivity index (χ4n) is 4.20. The summed E-state index contributed by atoms with van der Waals surface area (Å²) < 4.78 is 0. The molecule has 4 rings (SSSR count). The molecule has 3 heterocycles. The highest BCUT2D eigenvalue weighted by Crippen LogP contribution is 2.45. The molecule has 0 N–H and O–H groups in total. The summed E-state index contributed by atoms with van der Waals surface area (Å²) in [6, 6.07) is 4.24. The van der Waals surface area contributed by atoms with E-state index in [1.54, 1.807) is 22.7 Å². The average Bonchev–Trinajstić information content (AvgIpc) is 3.35. The van der Waals surface area contributed by atoms with E-state index in [0.717, 1.165) is 48.8 Å². The number of carbonyl (C=O) groups is 1. The smallest absolute Gasteiger partial charge is 0.234 e. The molecule has 0 radical (unpaired) electrons. The van der Waals surface area contributed by atoms with Crippen molar-refractivity contribution in [1.82, 2.24) is 15.1 Å². The van der Waals surface area contributed by atoms with Crippen LogP contribution in [0.5, 0.6) is 0 Å². The van der Waals surface area contributed by atoms with Crippen LogP contribution in [-0.2, 0) is 10.2 Å². The van der Waals surface area contributed by atoms with Crippen LogP contribution in [0.3, 0.4) is 0 Å². The van der Waals surface area contributed by atoms with Crippen LogP contribution in [0.1, 0.15) is 59.3 Å². The van der Waals surface area contributed by atoms with Crippen LogP contribution in [0.4, 0.5) is 0 Å². The Balaban J connectivity index is 1.47. The van der Waals surface area contributed by atoms with Crippen LogP contribution >= 0.6 is 22.7 Å². The van der Waals surface area contributed by atoms with Gasteiger partial charge in [0.25, 0.3) is 0 Å². The number of rotatable bonds is 3. The Morgan fingerprint density at radius 2 is 2.00 bits per heavy atom. The maximum Gasteiger partial charge on any atom is 0.234 e. The van der Waals surface area contributed by atoms with Gasteiger partial charge in [-0.15, -0.1) is 32.9 Å². The fourth-order valence-corrected chi connectivity index (χ4v) is 6.05. The molecule has 0 unspecified atom stereocenters. The molecule has 1 aliphatic heterocycles. The normalized spacial score (nSPS) is 21.3. The molecule has 0 aromatic carbocycles. The number of amides is 1. The van der Waals surface area contributed by atoms with E-state index >= 15 is 0 Å². The summed E-state index contributed by atoms with van der Waals surface area (Å²) in [5.41, 5.74) is -0.236. The van der Waals surface area contributed by atoms with Crippen molar-refractivity contribution < 1.29 is 4.79 Å². The number of nitrogens with zero attached hydrogens (tertiary/aromatic N) is 3. The van der Waals surface area contributed by atoms with Crippen LogP contribution in [0, 0.1) is 6.92 Å². The number of hydrogen-bond donors (Lipinski definition) is 0. The lowest BCUT2D eigenvalue weighted by atomic mass is 9.82. The standard InChI is InChI=1S/C18H23N3OS2/c1-13-19-20-16(24-13)14-6-10-21(11-7-14)17(22)18(8-2-3-9-18)15-5-4-12-23-15/h4-5,12,14H,2-3,6-11H2,1H3. The van der Waals surface area contributed by atoms with Crippen molar-refractivity contribution in [3.63, 3.8) is 0 Å². The minimum absolute atomic E-state index is 0.236. The topological polar surface area (TPSA) is 46.1 Å². The molecule has 0 spiro atoms. The molecule has 128 valence electrons. The maximum atomic E-state index is 13.4. The van der Waals surface area contributed by atoms with Gasteiger partial charge in [-0.2, -0.15) is 0 Å². The minimum atomic E-state index is -0.236. The van der Waals surface area contributed by atoms with Crippen molar-refractivity contribution in [2.75, 3.05) is 13.1 Å². The second kappa shape index (κ2) is 6.56. The van der Waals surface area contributed by atoms with E-state index in [4.69, 9.17) is 0 Å². The van der Waals surface area contributed by atoms with E-state index in [1.165, 1.54) is 17.7 Å². The van der Waals surface area contributed by atoms with Crippen molar-refractivity contribution in [3.05, 3.63) is 32.4 Å². The summed E-state index contributed by atoms with van der Waals surface area (Å²) in [6.45, 7) is 3.72. The van der Waals surface area contributed by atoms with Crippen molar-refractivity contribution in [3.8, 4) is 0 Å². The highest BCUT2D eigenvalue weighted by molar-refractivity contribution is 7.11. The van der Waals surface area contributed by atoms with Crippen molar-refractivity contribution in [2.45, 2.75) is 56.8 Å². The zero-order chi connectivity index (χ0) is 16.6. The summed E-state index contributed by atoms with van der Waals surface area (Å²) in [5.74, 6) is 0.843. The summed E-state index contributed by atoms with van der Waals surface area (Å²) in [6.07, 6.45) is 6.40. The van der Waals surface area contributed by atoms with Crippen molar-refractivity contribution in [2.24, 2.45) is 0 Å². The van der Waals surface area contributed by atoms with Gasteiger partial charge < -0.3 is 4.90 Å². The monoisotopic (exact) mass is 361 g/mol.